The average Bonchev–Trinajstić information content (AvgIpc) is 2.85. The molecule has 0 aromatic carbocycles. The number of halogens is 1. The second kappa shape index (κ2) is 3.74. The van der Waals surface area contributed by atoms with Crippen LogP contribution in [0.4, 0.5) is 0 Å². The van der Waals surface area contributed by atoms with E-state index in [9.17, 15) is 0 Å². The molecule has 3 rings (SSSR count). The zero-order valence-electron chi connectivity index (χ0n) is 7.56. The van der Waals surface area contributed by atoms with Crippen LogP contribution in [0.2, 0.25) is 5.02 Å². The van der Waals surface area contributed by atoms with E-state index in [-0.39, 0.29) is 0 Å². The molecule has 0 aromatic heterocycles. The Morgan fingerprint density at radius 3 is 3.13 bits per heavy atom. The van der Waals surface area contributed by atoms with E-state index in [1.54, 1.807) is 20.7 Å². The molecule has 0 N–H and O–H groups in total. The standard InChI is InChI=1S/C7H5ClN3S4/c1-2-11-6-4(12-14-9-6)3(8)5-7(11)10-15-13-5/h2H2,1H3/q-1. The number of rotatable bonds is 1. The SMILES string of the molecule is CCn1c2nssc-2c(Cl)c2ss[n-]c1=2. The lowest BCUT2D eigenvalue weighted by molar-refractivity contribution is 0.715. The molecule has 80 valence electrons. The normalized spacial score (nSPS) is 11.6. The molecular formula is C7H5ClN3S4-. The molecule has 8 heteroatoms. The molecule has 15 heavy (non-hydrogen) atoms. The summed E-state index contributed by atoms with van der Waals surface area (Å²) >= 11 is 6.33. The Bertz CT molecular complexity index is 647. The average molecular weight is 295 g/mol. The van der Waals surface area contributed by atoms with E-state index in [0.717, 1.165) is 32.3 Å². The number of nitrogens with zero attached hydrogens (tertiary/aromatic N) is 3. The van der Waals surface area contributed by atoms with Crippen LogP contribution in [0.15, 0.2) is 0 Å². The first-order valence-corrected chi connectivity index (χ1v) is 8.80. The van der Waals surface area contributed by atoms with Crippen LogP contribution in [0.25, 0.3) is 10.7 Å². The highest BCUT2D eigenvalue weighted by atomic mass is 35.5. The minimum atomic E-state index is 0.808. The molecule has 0 aromatic rings. The van der Waals surface area contributed by atoms with Crippen molar-refractivity contribution in [1.29, 1.82) is 0 Å². The summed E-state index contributed by atoms with van der Waals surface area (Å²) in [5, 5.41) is 0.808. The first-order valence-electron chi connectivity index (χ1n) is 4.21. The van der Waals surface area contributed by atoms with E-state index in [1.807, 2.05) is 0 Å². The quantitative estimate of drug-likeness (QED) is 0.641. The van der Waals surface area contributed by atoms with Crippen molar-refractivity contribution in [3.05, 3.63) is 15.0 Å². The highest BCUT2D eigenvalue weighted by Gasteiger charge is 2.13. The van der Waals surface area contributed by atoms with Crippen LogP contribution < -0.4 is 4.37 Å². The fourth-order valence-corrected chi connectivity index (χ4v) is 5.91. The maximum Gasteiger partial charge on any atom is 0.0855 e. The molecule has 0 spiro atoms. The zero-order chi connectivity index (χ0) is 10.4. The highest BCUT2D eigenvalue weighted by Crippen LogP contribution is 2.37. The molecule has 3 heterocycles. The molecular weight excluding hydrogens is 290 g/mol. The van der Waals surface area contributed by atoms with Gasteiger partial charge in [0.2, 0.25) is 0 Å². The maximum atomic E-state index is 6.33. The van der Waals surface area contributed by atoms with Crippen LogP contribution >= 0.6 is 53.4 Å². The Labute approximate surface area is 105 Å². The van der Waals surface area contributed by atoms with Crippen LogP contribution in [0.5, 0.6) is 0 Å². The molecule has 0 atom stereocenters. The van der Waals surface area contributed by atoms with E-state index in [2.05, 4.69) is 20.2 Å². The number of fused-ring (bicyclic) bond motifs is 1. The van der Waals surface area contributed by atoms with Crippen molar-refractivity contribution in [3.8, 4) is 10.7 Å². The summed E-state index contributed by atoms with van der Waals surface area (Å²) in [4.78, 5) is 1.08. The fourth-order valence-electron chi connectivity index (χ4n) is 1.46. The Balaban J connectivity index is 2.65. The summed E-state index contributed by atoms with van der Waals surface area (Å²) < 4.78 is 12.0. The molecule has 0 bridgehead atoms. The largest absolute Gasteiger partial charge is 0.425 e. The topological polar surface area (TPSA) is 31.9 Å². The van der Waals surface area contributed by atoms with Gasteiger partial charge in [0.05, 0.1) is 20.3 Å². The van der Waals surface area contributed by atoms with Gasteiger partial charge in [0.25, 0.3) is 0 Å². The van der Waals surface area contributed by atoms with Gasteiger partial charge in [-0.2, -0.15) is 4.37 Å². The Hall–Kier alpha value is -0.0800. The molecule has 3 aliphatic rings. The second-order valence-corrected chi connectivity index (χ2v) is 6.95. The van der Waals surface area contributed by atoms with Gasteiger partial charge in [0.15, 0.2) is 0 Å². The summed E-state index contributed by atoms with van der Waals surface area (Å²) in [5.74, 6) is 0.961. The molecule has 0 amide bonds. The summed E-state index contributed by atoms with van der Waals surface area (Å²) in [5.41, 5.74) is 0.961. The zero-order valence-corrected chi connectivity index (χ0v) is 11.6. The van der Waals surface area contributed by atoms with Gasteiger partial charge in [-0.3, -0.25) is 0 Å². The van der Waals surface area contributed by atoms with E-state index in [1.165, 1.54) is 21.1 Å². The number of aromatic nitrogens is 3. The monoisotopic (exact) mass is 294 g/mol. The second-order valence-electron chi connectivity index (χ2n) is 2.86. The lowest BCUT2D eigenvalue weighted by atomic mass is 10.4. The van der Waals surface area contributed by atoms with Gasteiger partial charge in [-0.25, -0.2) is 0 Å². The third-order valence-electron chi connectivity index (χ3n) is 2.12. The van der Waals surface area contributed by atoms with Gasteiger partial charge in [0, 0.05) is 10.5 Å². The molecule has 0 aliphatic carbocycles. The summed E-state index contributed by atoms with van der Waals surface area (Å²) in [7, 11) is 6.20. The molecule has 0 fully saturated rings. The van der Waals surface area contributed by atoms with E-state index in [0.29, 0.717) is 0 Å². The third-order valence-corrected chi connectivity index (χ3v) is 6.37. The van der Waals surface area contributed by atoms with Crippen molar-refractivity contribution >= 4 is 53.4 Å². The van der Waals surface area contributed by atoms with E-state index in [4.69, 9.17) is 11.6 Å². The van der Waals surface area contributed by atoms with Gasteiger partial charge < -0.3 is 8.94 Å². The molecule has 0 unspecified atom stereocenters. The smallest absolute Gasteiger partial charge is 0.0855 e. The van der Waals surface area contributed by atoms with Gasteiger partial charge in [-0.05, 0) is 12.0 Å². The van der Waals surface area contributed by atoms with E-state index >= 15 is 0 Å². The van der Waals surface area contributed by atoms with Crippen molar-refractivity contribution in [3.63, 3.8) is 0 Å². The van der Waals surface area contributed by atoms with Crippen molar-refractivity contribution in [2.45, 2.75) is 13.5 Å². The molecule has 0 radical (unpaired) electrons. The first kappa shape index (κ1) is 10.1. The number of hydrogen-bond acceptors (Lipinski definition) is 5. The Morgan fingerprint density at radius 2 is 2.33 bits per heavy atom. The van der Waals surface area contributed by atoms with Gasteiger partial charge in [0.1, 0.15) is 0 Å². The van der Waals surface area contributed by atoms with Crippen molar-refractivity contribution < 1.29 is 0 Å². The fraction of sp³-hybridized carbons (Fsp3) is 0.286. The molecule has 0 saturated carbocycles. The van der Waals surface area contributed by atoms with Gasteiger partial charge in [-0.1, -0.05) is 49.7 Å². The van der Waals surface area contributed by atoms with Crippen molar-refractivity contribution in [2.75, 3.05) is 0 Å². The maximum absolute atomic E-state index is 6.33. The summed E-state index contributed by atoms with van der Waals surface area (Å²) in [6.45, 7) is 2.97. The van der Waals surface area contributed by atoms with E-state index < -0.39 is 0 Å². The van der Waals surface area contributed by atoms with Gasteiger partial charge >= 0.3 is 0 Å². The van der Waals surface area contributed by atoms with Crippen LogP contribution in [0, 0.1) is 10.0 Å². The minimum absolute atomic E-state index is 0.808. The lowest BCUT2D eigenvalue weighted by Gasteiger charge is -2.16. The summed E-state index contributed by atoms with van der Waals surface area (Å²) in [6, 6.07) is 0. The highest BCUT2D eigenvalue weighted by molar-refractivity contribution is 7.68. The Morgan fingerprint density at radius 1 is 1.47 bits per heavy atom. The molecule has 3 aliphatic heterocycles. The minimum Gasteiger partial charge on any atom is -0.425 e. The summed E-state index contributed by atoms with van der Waals surface area (Å²) in [6.07, 6.45) is 0. The molecule has 0 saturated heterocycles. The molecule has 3 nitrogen and oxygen atoms in total. The van der Waals surface area contributed by atoms with Crippen molar-refractivity contribution in [1.82, 2.24) is 13.3 Å². The predicted octanol–water partition coefficient (Wildman–Crippen LogP) is 3.71. The van der Waals surface area contributed by atoms with Crippen LogP contribution in [-0.2, 0) is 6.54 Å². The first-order chi connectivity index (χ1) is 7.33. The lowest BCUT2D eigenvalue weighted by Crippen LogP contribution is -2.05. The third kappa shape index (κ3) is 1.38. The van der Waals surface area contributed by atoms with Crippen LogP contribution in [0.3, 0.4) is 0 Å². The number of hydrogen-bond donors (Lipinski definition) is 0. The van der Waals surface area contributed by atoms with Crippen LogP contribution in [0.1, 0.15) is 6.92 Å². The predicted molar refractivity (Wildman–Crippen MR) is 67.3 cm³/mol. The Kier molecular flexibility index (Phi) is 2.52. The van der Waals surface area contributed by atoms with Crippen LogP contribution in [-0.4, -0.2) is 8.94 Å². The van der Waals surface area contributed by atoms with Gasteiger partial charge in [-0.15, -0.1) is 0 Å². The van der Waals surface area contributed by atoms with Crippen molar-refractivity contribution in [2.24, 2.45) is 0 Å².